The van der Waals surface area contributed by atoms with Crippen LogP contribution in [0, 0.1) is 6.07 Å². The molecule has 1 aromatic carbocycles. The quantitative estimate of drug-likeness (QED) is 0.674. The van der Waals surface area contributed by atoms with Crippen molar-refractivity contribution >= 4 is 0 Å². The van der Waals surface area contributed by atoms with Crippen LogP contribution in [0.1, 0.15) is 5.56 Å². The van der Waals surface area contributed by atoms with Crippen molar-refractivity contribution in [2.24, 2.45) is 0 Å². The van der Waals surface area contributed by atoms with Gasteiger partial charge in [-0.3, -0.25) is 4.90 Å². The van der Waals surface area contributed by atoms with Gasteiger partial charge in [-0.25, -0.2) is 0 Å². The molecule has 1 heterocycles. The van der Waals surface area contributed by atoms with Crippen molar-refractivity contribution in [2.75, 3.05) is 26.3 Å². The van der Waals surface area contributed by atoms with Gasteiger partial charge in [0, 0.05) is 19.6 Å². The summed E-state index contributed by atoms with van der Waals surface area (Å²) in [7, 11) is 0. The highest BCUT2D eigenvalue weighted by molar-refractivity contribution is 5.13. The van der Waals surface area contributed by atoms with Gasteiger partial charge in [-0.15, -0.1) is 0 Å². The van der Waals surface area contributed by atoms with Crippen LogP contribution in [0.15, 0.2) is 24.3 Å². The molecule has 0 spiro atoms. The number of benzene rings is 1. The minimum Gasteiger partial charge on any atom is -0.379 e. The topological polar surface area (TPSA) is 12.5 Å². The van der Waals surface area contributed by atoms with E-state index in [9.17, 15) is 0 Å². The molecule has 1 aromatic rings. The second-order valence-electron chi connectivity index (χ2n) is 3.30. The van der Waals surface area contributed by atoms with Crippen molar-refractivity contribution in [2.45, 2.75) is 6.54 Å². The van der Waals surface area contributed by atoms with Crippen molar-refractivity contribution in [1.29, 1.82) is 0 Å². The van der Waals surface area contributed by atoms with Crippen LogP contribution < -0.4 is 0 Å². The number of ether oxygens (including phenoxy) is 1. The first-order valence-electron chi connectivity index (χ1n) is 4.70. The van der Waals surface area contributed by atoms with Gasteiger partial charge in [0.2, 0.25) is 0 Å². The molecule has 0 amide bonds. The summed E-state index contributed by atoms with van der Waals surface area (Å²) in [6, 6.07) is 11.3. The Bertz CT molecular complexity index is 242. The van der Waals surface area contributed by atoms with E-state index in [-0.39, 0.29) is 0 Å². The fraction of sp³-hybridized carbons (Fsp3) is 0.455. The number of rotatable bonds is 2. The first-order valence-corrected chi connectivity index (χ1v) is 4.70. The van der Waals surface area contributed by atoms with Crippen LogP contribution in [0.4, 0.5) is 0 Å². The van der Waals surface area contributed by atoms with Crippen molar-refractivity contribution < 1.29 is 4.74 Å². The van der Waals surface area contributed by atoms with Gasteiger partial charge in [-0.2, -0.15) is 0 Å². The van der Waals surface area contributed by atoms with E-state index in [1.807, 2.05) is 12.1 Å². The molecule has 0 N–H and O–H groups in total. The molecule has 2 nitrogen and oxygen atoms in total. The summed E-state index contributed by atoms with van der Waals surface area (Å²) in [4.78, 5) is 2.41. The molecule has 0 unspecified atom stereocenters. The summed E-state index contributed by atoms with van der Waals surface area (Å²) < 4.78 is 5.29. The molecule has 1 aliphatic rings. The zero-order chi connectivity index (χ0) is 8.93. The lowest BCUT2D eigenvalue weighted by molar-refractivity contribution is 0.0342. The highest BCUT2D eigenvalue weighted by atomic mass is 16.5. The van der Waals surface area contributed by atoms with Gasteiger partial charge in [0.25, 0.3) is 0 Å². The van der Waals surface area contributed by atoms with Gasteiger partial charge < -0.3 is 4.74 Å². The fourth-order valence-electron chi connectivity index (χ4n) is 1.55. The molecule has 2 heteroatoms. The zero-order valence-corrected chi connectivity index (χ0v) is 7.70. The molecule has 0 bridgehead atoms. The molecule has 0 aromatic heterocycles. The van der Waals surface area contributed by atoms with Crippen molar-refractivity contribution in [3.8, 4) is 0 Å². The van der Waals surface area contributed by atoms with Crippen LogP contribution in [-0.4, -0.2) is 31.2 Å². The highest BCUT2D eigenvalue weighted by Crippen LogP contribution is 2.05. The number of hydrogen-bond acceptors (Lipinski definition) is 2. The Kier molecular flexibility index (Phi) is 2.95. The van der Waals surface area contributed by atoms with Crippen LogP contribution in [0.5, 0.6) is 0 Å². The van der Waals surface area contributed by atoms with Crippen LogP contribution in [0.2, 0.25) is 0 Å². The maximum Gasteiger partial charge on any atom is 0.0594 e. The van der Waals surface area contributed by atoms with Crippen molar-refractivity contribution in [3.63, 3.8) is 0 Å². The fourth-order valence-corrected chi connectivity index (χ4v) is 1.55. The first kappa shape index (κ1) is 8.73. The smallest absolute Gasteiger partial charge is 0.0594 e. The maximum atomic E-state index is 5.29. The second-order valence-corrected chi connectivity index (χ2v) is 3.30. The summed E-state index contributed by atoms with van der Waals surface area (Å²) in [5.41, 5.74) is 1.34. The largest absolute Gasteiger partial charge is 0.379 e. The van der Waals surface area contributed by atoms with Gasteiger partial charge in [0.05, 0.1) is 13.2 Å². The number of nitrogens with zero attached hydrogens (tertiary/aromatic N) is 1. The lowest BCUT2D eigenvalue weighted by Crippen LogP contribution is -2.35. The summed E-state index contributed by atoms with van der Waals surface area (Å²) in [5.74, 6) is 0. The van der Waals surface area contributed by atoms with E-state index in [1.54, 1.807) is 0 Å². The molecule has 1 aliphatic heterocycles. The average molecular weight is 176 g/mol. The standard InChI is InChI=1S/C11H14NO/c1-2-4-11(5-3-1)10-12-6-8-13-9-7-12/h1-2,4-5H,6-10H2. The third-order valence-electron chi connectivity index (χ3n) is 2.28. The molecule has 13 heavy (non-hydrogen) atoms. The molecular weight excluding hydrogens is 162 g/mol. The van der Waals surface area contributed by atoms with Gasteiger partial charge in [-0.1, -0.05) is 18.2 Å². The lowest BCUT2D eigenvalue weighted by atomic mass is 10.2. The Hall–Kier alpha value is -0.860. The average Bonchev–Trinajstić information content (AvgIpc) is 2.21. The van der Waals surface area contributed by atoms with E-state index in [2.05, 4.69) is 23.1 Å². The van der Waals surface area contributed by atoms with Crippen molar-refractivity contribution in [3.05, 3.63) is 35.9 Å². The molecule has 2 rings (SSSR count). The predicted octanol–water partition coefficient (Wildman–Crippen LogP) is 1.32. The van der Waals surface area contributed by atoms with Crippen molar-refractivity contribution in [1.82, 2.24) is 4.90 Å². The highest BCUT2D eigenvalue weighted by Gasteiger charge is 2.09. The van der Waals surface area contributed by atoms with Gasteiger partial charge in [0.15, 0.2) is 0 Å². The van der Waals surface area contributed by atoms with E-state index in [1.165, 1.54) is 5.56 Å². The molecule has 1 fully saturated rings. The molecule has 0 saturated carbocycles. The summed E-state index contributed by atoms with van der Waals surface area (Å²) >= 11 is 0. The third kappa shape index (κ3) is 2.54. The molecule has 69 valence electrons. The Morgan fingerprint density at radius 2 is 2.23 bits per heavy atom. The second kappa shape index (κ2) is 4.40. The normalized spacial score (nSPS) is 18.8. The molecular formula is C11H14NO. The Balaban J connectivity index is 1.90. The van der Waals surface area contributed by atoms with Crippen LogP contribution in [-0.2, 0) is 11.3 Å². The minimum absolute atomic E-state index is 0.872. The third-order valence-corrected chi connectivity index (χ3v) is 2.28. The van der Waals surface area contributed by atoms with E-state index >= 15 is 0 Å². The lowest BCUT2D eigenvalue weighted by Gasteiger charge is -2.26. The molecule has 0 atom stereocenters. The number of hydrogen-bond donors (Lipinski definition) is 0. The summed E-state index contributed by atoms with van der Waals surface area (Å²) in [5, 5.41) is 0. The van der Waals surface area contributed by atoms with Gasteiger partial charge >= 0.3 is 0 Å². The monoisotopic (exact) mass is 176 g/mol. The Labute approximate surface area is 79.1 Å². The zero-order valence-electron chi connectivity index (χ0n) is 7.70. The Morgan fingerprint density at radius 1 is 1.38 bits per heavy atom. The molecule has 0 aliphatic carbocycles. The first-order chi connectivity index (χ1) is 6.45. The summed E-state index contributed by atoms with van der Waals surface area (Å²) in [6.07, 6.45) is 0. The van der Waals surface area contributed by atoms with Crippen LogP contribution >= 0.6 is 0 Å². The maximum absolute atomic E-state index is 5.29. The van der Waals surface area contributed by atoms with Gasteiger partial charge in [0.1, 0.15) is 0 Å². The van der Waals surface area contributed by atoms with Crippen LogP contribution in [0.3, 0.4) is 0 Å². The van der Waals surface area contributed by atoms with E-state index in [4.69, 9.17) is 4.74 Å². The van der Waals surface area contributed by atoms with Crippen LogP contribution in [0.25, 0.3) is 0 Å². The minimum atomic E-state index is 0.872. The summed E-state index contributed by atoms with van der Waals surface area (Å²) in [6.45, 7) is 4.87. The molecule has 1 radical (unpaired) electrons. The van der Waals surface area contributed by atoms with Gasteiger partial charge in [-0.05, 0) is 17.7 Å². The predicted molar refractivity (Wildman–Crippen MR) is 51.4 cm³/mol. The Morgan fingerprint density at radius 3 is 2.92 bits per heavy atom. The van der Waals surface area contributed by atoms with E-state index in [0.717, 1.165) is 32.8 Å². The van der Waals surface area contributed by atoms with E-state index < -0.39 is 0 Å². The number of morpholine rings is 1. The SMILES string of the molecule is [c]1cccc(CN2CCOCC2)c1. The molecule has 1 saturated heterocycles. The van der Waals surface area contributed by atoms with E-state index in [0.29, 0.717) is 0 Å².